The van der Waals surface area contributed by atoms with Crippen molar-refractivity contribution in [1.29, 1.82) is 0 Å². The fourth-order valence-corrected chi connectivity index (χ4v) is 9.06. The van der Waals surface area contributed by atoms with E-state index in [4.69, 9.17) is 4.65 Å². The molecule has 64 valence electrons. The van der Waals surface area contributed by atoms with Gasteiger partial charge < -0.3 is 4.65 Å². The topological polar surface area (TPSA) is 14.1 Å². The molecule has 0 unspecified atom stereocenters. The van der Waals surface area contributed by atoms with E-state index in [1.807, 2.05) is 0 Å². The first-order chi connectivity index (χ1) is 3.71. The minimum absolute atomic E-state index is 0. The van der Waals surface area contributed by atoms with Crippen molar-refractivity contribution < 1.29 is 56.6 Å². The van der Waals surface area contributed by atoms with Gasteiger partial charge in [-0.25, -0.2) is 0 Å². The van der Waals surface area contributed by atoms with Crippen molar-refractivity contribution in [1.82, 2.24) is 0 Å². The van der Waals surface area contributed by atoms with Gasteiger partial charge in [-0.05, 0) is 0 Å². The van der Waals surface area contributed by atoms with Crippen LogP contribution in [0, 0.1) is 37.7 Å². The minimum atomic E-state index is -1.11. The zero-order chi connectivity index (χ0) is 7.71. The van der Waals surface area contributed by atoms with E-state index in [-0.39, 0.29) is 56.6 Å². The third-order valence-electron chi connectivity index (χ3n) is 0.671. The monoisotopic (exact) mass is 207 g/mol. The second-order valence-electron chi connectivity index (χ2n) is 4.45. The molecule has 0 atom stereocenters. The van der Waals surface area contributed by atoms with Crippen LogP contribution in [-0.4, -0.2) is 16.5 Å². The SMILES string of the molecule is C[Si](C)(C)[N-][Si](C)(C)C.[Ar].[Li+]. The smallest absolute Gasteiger partial charge is 0.668 e. The Bertz CT molecular complexity index is 85.7. The van der Waals surface area contributed by atoms with Crippen molar-refractivity contribution in [3.63, 3.8) is 0 Å². The van der Waals surface area contributed by atoms with Crippen LogP contribution in [0.3, 0.4) is 0 Å². The number of rotatable bonds is 2. The van der Waals surface area contributed by atoms with E-state index in [0.717, 1.165) is 0 Å². The summed E-state index contributed by atoms with van der Waals surface area (Å²) in [7, 11) is -2.21. The molecule has 0 aromatic heterocycles. The van der Waals surface area contributed by atoms with Gasteiger partial charge in [-0.3, -0.25) is 0 Å². The second kappa shape index (κ2) is 6.67. The quantitative estimate of drug-likeness (QED) is 0.567. The molecule has 0 spiro atoms. The summed E-state index contributed by atoms with van der Waals surface area (Å²) >= 11 is 0. The molecule has 0 aromatic rings. The Morgan fingerprint density at radius 2 is 0.909 bits per heavy atom. The molecule has 1 nitrogen and oxygen atoms in total. The van der Waals surface area contributed by atoms with Gasteiger partial charge in [0, 0.05) is 37.7 Å². The molecule has 0 bridgehead atoms. The summed E-state index contributed by atoms with van der Waals surface area (Å²) in [5.74, 6) is 0. The molecule has 0 heterocycles. The summed E-state index contributed by atoms with van der Waals surface area (Å²) < 4.78 is 4.82. The average Bonchev–Trinajstić information content (AvgIpc) is 1.14. The van der Waals surface area contributed by atoms with E-state index in [1.54, 1.807) is 0 Å². The molecule has 0 rings (SSSR count). The molecule has 0 saturated carbocycles. The summed E-state index contributed by atoms with van der Waals surface area (Å²) in [5.41, 5.74) is 0. The van der Waals surface area contributed by atoms with Gasteiger partial charge in [0.25, 0.3) is 0 Å². The first kappa shape index (κ1) is 18.9. The van der Waals surface area contributed by atoms with Gasteiger partial charge in [0.05, 0.1) is 0 Å². The molecule has 0 aliphatic heterocycles. The molecule has 0 aliphatic carbocycles. The Morgan fingerprint density at radius 1 is 0.727 bits per heavy atom. The molecule has 0 fully saturated rings. The zero-order valence-electron chi connectivity index (χ0n) is 8.80. The normalized spacial score (nSPS) is 11.5. The maximum Gasteiger partial charge on any atom is 1.00 e. The van der Waals surface area contributed by atoms with Gasteiger partial charge in [-0.2, -0.15) is 0 Å². The largest absolute Gasteiger partial charge is 1.00 e. The van der Waals surface area contributed by atoms with E-state index in [1.165, 1.54) is 0 Å². The van der Waals surface area contributed by atoms with Crippen LogP contribution >= 0.6 is 0 Å². The van der Waals surface area contributed by atoms with E-state index < -0.39 is 16.5 Å². The summed E-state index contributed by atoms with van der Waals surface area (Å²) in [5, 5.41) is 0. The van der Waals surface area contributed by atoms with E-state index in [0.29, 0.717) is 0 Å². The van der Waals surface area contributed by atoms with Gasteiger partial charge in [-0.15, -0.1) is 0 Å². The summed E-state index contributed by atoms with van der Waals surface area (Å²) in [4.78, 5) is 0. The van der Waals surface area contributed by atoms with E-state index >= 15 is 0 Å². The van der Waals surface area contributed by atoms with Crippen LogP contribution in [0.4, 0.5) is 0 Å². The molecule has 0 amide bonds. The van der Waals surface area contributed by atoms with Crippen LogP contribution in [0.25, 0.3) is 4.65 Å². The molecule has 0 saturated heterocycles. The Labute approximate surface area is 115 Å². The predicted octanol–water partition coefficient (Wildman–Crippen LogP) is 0.0339. The summed E-state index contributed by atoms with van der Waals surface area (Å²) in [6.07, 6.45) is 0. The Morgan fingerprint density at radius 3 is 0.909 bits per heavy atom. The number of hydrogen-bond acceptors (Lipinski definition) is 0. The van der Waals surface area contributed by atoms with Gasteiger partial charge in [0.1, 0.15) is 0 Å². The van der Waals surface area contributed by atoms with Crippen LogP contribution in [0.15, 0.2) is 0 Å². The third kappa shape index (κ3) is 18.9. The number of nitrogens with zero attached hydrogens (tertiary/aromatic N) is 1. The molecule has 11 heavy (non-hydrogen) atoms. The fraction of sp³-hybridized carbons (Fsp3) is 1.00. The van der Waals surface area contributed by atoms with Crippen molar-refractivity contribution in [3.8, 4) is 0 Å². The Balaban J connectivity index is -0.000000320. The molecule has 0 radical (unpaired) electrons. The van der Waals surface area contributed by atoms with Gasteiger partial charge in [0.2, 0.25) is 0 Å². The second-order valence-corrected chi connectivity index (χ2v) is 14.0. The first-order valence-electron chi connectivity index (χ1n) is 3.45. The van der Waals surface area contributed by atoms with Crippen LogP contribution in [-0.2, 0) is 0 Å². The van der Waals surface area contributed by atoms with Crippen LogP contribution in [0.2, 0.25) is 39.3 Å². The minimum Gasteiger partial charge on any atom is -0.668 e. The molecular weight excluding hydrogens is 189 g/mol. The predicted molar refractivity (Wildman–Crippen MR) is 50.1 cm³/mol. The van der Waals surface area contributed by atoms with E-state index in [2.05, 4.69) is 39.3 Å². The average molecular weight is 207 g/mol. The van der Waals surface area contributed by atoms with Crippen molar-refractivity contribution in [2.24, 2.45) is 0 Å². The maximum absolute atomic E-state index is 4.82. The maximum atomic E-state index is 4.82. The number of hydrogen-bond donors (Lipinski definition) is 0. The van der Waals surface area contributed by atoms with Crippen LogP contribution in [0.1, 0.15) is 0 Å². The van der Waals surface area contributed by atoms with Gasteiger partial charge in [0.15, 0.2) is 0 Å². The fourth-order valence-electron chi connectivity index (χ4n) is 1.01. The zero-order valence-corrected chi connectivity index (χ0v) is 11.5. The molecule has 0 aromatic carbocycles. The van der Waals surface area contributed by atoms with Crippen molar-refractivity contribution in [3.05, 3.63) is 4.65 Å². The Hall–Kier alpha value is 2.25. The molecule has 5 heteroatoms. The Kier molecular flexibility index (Phi) is 11.5. The summed E-state index contributed by atoms with van der Waals surface area (Å²) in [6.45, 7) is 13.8. The van der Waals surface area contributed by atoms with Crippen LogP contribution < -0.4 is 18.9 Å². The van der Waals surface area contributed by atoms with Crippen molar-refractivity contribution in [2.45, 2.75) is 39.3 Å². The third-order valence-corrected chi connectivity index (χ3v) is 6.04. The molecular formula is C6H18ArLiNSi2. The molecule has 0 aliphatic rings. The van der Waals surface area contributed by atoms with E-state index in [9.17, 15) is 0 Å². The molecule has 0 N–H and O–H groups in total. The standard InChI is InChI=1S/C6H18NSi2.Ar.Li/c1-8(2,3)7-9(4,5)6;;/h1-6H3;;/q-1;;+1. The van der Waals surface area contributed by atoms with Crippen molar-refractivity contribution >= 4 is 16.5 Å². The van der Waals surface area contributed by atoms with Gasteiger partial charge >= 0.3 is 18.9 Å². The van der Waals surface area contributed by atoms with Crippen LogP contribution in [0.5, 0.6) is 0 Å². The van der Waals surface area contributed by atoms with Crippen molar-refractivity contribution in [2.75, 3.05) is 0 Å². The summed E-state index contributed by atoms with van der Waals surface area (Å²) in [6, 6.07) is 0. The van der Waals surface area contributed by atoms with Gasteiger partial charge in [-0.1, -0.05) is 55.8 Å². The first-order valence-corrected chi connectivity index (χ1v) is 10.3.